The molecule has 4 saturated heterocycles. The van der Waals surface area contributed by atoms with Crippen molar-refractivity contribution in [2.24, 2.45) is 11.7 Å². The molecule has 4 aliphatic heterocycles. The van der Waals surface area contributed by atoms with Crippen LogP contribution >= 0.6 is 23.7 Å². The number of nitrogens with zero attached hydrogens (tertiary/aromatic N) is 7. The standard InChI is InChI=1S/C62H79N13O19S2/c1-31-28-74-52(53(31)83)58(88)64-27-39(77)24-41(65-54(84)35-11-9-34(10-12-35)42-30-75-62(66-42)95-59(70-75)36-13-15-38(16-14-36)72-20-18-71(19-21-72)37-6-4-3-5-7-37)55(85)67-49(32(2)76)60(89)73-29-40(78)25-43(73)56(86)68-50(57(87)69-51(61(74)90)46(81)26-48(63)82)45(80)22-33-8-17-44(79)47(23-33)92-96-94-93-91/h8-17,23,30-32,37,39-41,43,45-46,49-53,76-81,83,91H,3-7,18-22,24-29H2,1-2H3,(H2,63,82)(H,64,88)(H,65,84)(H,67,85)(H,68,86)(H,69,87). The van der Waals surface area contributed by atoms with Crippen LogP contribution in [0.2, 0.25) is 0 Å². The van der Waals surface area contributed by atoms with E-state index in [1.807, 2.05) is 0 Å². The first-order chi connectivity index (χ1) is 45.9. The molecule has 96 heavy (non-hydrogen) atoms. The van der Waals surface area contributed by atoms with Gasteiger partial charge in [-0.05, 0) is 73.9 Å². The van der Waals surface area contributed by atoms with E-state index in [2.05, 4.69) is 70.0 Å². The van der Waals surface area contributed by atoms with Gasteiger partial charge in [-0.15, -0.1) is 0 Å². The molecule has 10 rings (SSSR count). The highest BCUT2D eigenvalue weighted by Crippen LogP contribution is 2.34. The highest BCUT2D eigenvalue weighted by molar-refractivity contribution is 7.90. The summed E-state index contributed by atoms with van der Waals surface area (Å²) in [4.78, 5) is 126. The number of nitrogens with one attached hydrogen (secondary N) is 5. The zero-order valence-electron chi connectivity index (χ0n) is 52.4. The predicted octanol–water partition coefficient (Wildman–Crippen LogP) is -1.53. The summed E-state index contributed by atoms with van der Waals surface area (Å²) in [7, 11) is 0. The molecule has 13 atom stereocenters. The summed E-state index contributed by atoms with van der Waals surface area (Å²) in [5.74, 6) is -11.1. The van der Waals surface area contributed by atoms with E-state index in [9.17, 15) is 74.1 Å². The van der Waals surface area contributed by atoms with E-state index >= 15 is 0 Å². The number of benzene rings is 3. The fourth-order valence-corrected chi connectivity index (χ4v) is 14.2. The van der Waals surface area contributed by atoms with E-state index in [1.165, 1.54) is 68.6 Å². The van der Waals surface area contributed by atoms with Crippen molar-refractivity contribution in [1.82, 2.24) is 55.9 Å². The van der Waals surface area contributed by atoms with Crippen LogP contribution in [0.1, 0.15) is 81.1 Å². The molecule has 13 unspecified atom stereocenters. The van der Waals surface area contributed by atoms with E-state index in [0.717, 1.165) is 71.3 Å². The average molecular weight is 1370 g/mol. The van der Waals surface area contributed by atoms with Crippen molar-refractivity contribution >= 4 is 81.6 Å². The van der Waals surface area contributed by atoms with E-state index < -0.39 is 177 Å². The summed E-state index contributed by atoms with van der Waals surface area (Å²) in [6.07, 6.45) is -5.32. The molecule has 518 valence electrons. The molecule has 3 aromatic carbocycles. The van der Waals surface area contributed by atoms with Gasteiger partial charge >= 0.3 is 0 Å². The molecular formula is C62H79N13O19S2. The second-order valence-corrected chi connectivity index (χ2v) is 26.4. The Labute approximate surface area is 558 Å². The SMILES string of the molecule is CC(O)C1NC(=O)C(NC(=O)c2ccc(-c3cn4nc(-c5ccc(N6CCN(C7CCCCC7)CC6)cc5)sc4n3)cc2)CC(O)CNC(=O)C2C(O)C(C)CN2C(=O)C(C(O)CC(N)=O)NC(=O)C(C(O)Cc2ccc(O)c(OSOOO)c2)NC(=O)C2CC(O)CN2C1=O. The summed E-state index contributed by atoms with van der Waals surface area (Å²) in [6, 6.07) is 7.07. The van der Waals surface area contributed by atoms with Crippen LogP contribution in [-0.2, 0) is 49.4 Å². The summed E-state index contributed by atoms with van der Waals surface area (Å²) in [5, 5.41) is 109. The van der Waals surface area contributed by atoms with Crippen molar-refractivity contribution in [2.45, 2.75) is 151 Å². The number of β-amino-alcohol motifs (C(OH)–C–C–N with tert-alkyl or cyclic N) is 1. The molecule has 34 heteroatoms. The van der Waals surface area contributed by atoms with E-state index in [4.69, 9.17) is 25.3 Å². The smallest absolute Gasteiger partial charge is 0.261 e. The number of hydrogen-bond acceptors (Lipinski definition) is 25. The van der Waals surface area contributed by atoms with Gasteiger partial charge in [0.1, 0.15) is 41.3 Å². The maximum Gasteiger partial charge on any atom is 0.261 e. The van der Waals surface area contributed by atoms with Crippen molar-refractivity contribution in [3.63, 3.8) is 0 Å². The van der Waals surface area contributed by atoms with Crippen LogP contribution in [-0.4, -0.2) is 242 Å². The average Bonchev–Trinajstić information content (AvgIpc) is 1.63. The summed E-state index contributed by atoms with van der Waals surface area (Å²) in [6.45, 7) is 4.94. The molecule has 0 radical (unpaired) electrons. The van der Waals surface area contributed by atoms with Gasteiger partial charge in [0, 0.05) is 99.4 Å². The van der Waals surface area contributed by atoms with Gasteiger partial charge in [0.05, 0.1) is 54.9 Å². The monoisotopic (exact) mass is 1370 g/mol. The van der Waals surface area contributed by atoms with Crippen molar-refractivity contribution in [3.05, 3.63) is 84.1 Å². The Morgan fingerprint density at radius 3 is 2.14 bits per heavy atom. The highest BCUT2D eigenvalue weighted by Gasteiger charge is 2.50. The molecule has 8 amide bonds. The van der Waals surface area contributed by atoms with Crippen LogP contribution < -0.4 is 41.4 Å². The number of phenolic OH excluding ortho intramolecular Hbond substituents is 1. The van der Waals surface area contributed by atoms with Gasteiger partial charge in [0.2, 0.25) is 46.3 Å². The number of aliphatic hydroxyl groups is 6. The minimum absolute atomic E-state index is 0.0151. The Bertz CT molecular complexity index is 3580. The van der Waals surface area contributed by atoms with Crippen molar-refractivity contribution in [3.8, 4) is 33.3 Å². The second-order valence-electron chi connectivity index (χ2n) is 25.0. The molecule has 0 bridgehead atoms. The van der Waals surface area contributed by atoms with Crippen molar-refractivity contribution in [2.75, 3.05) is 50.7 Å². The van der Waals surface area contributed by atoms with Crippen LogP contribution in [0.15, 0.2) is 72.9 Å². The third kappa shape index (κ3) is 16.6. The molecule has 15 N–H and O–H groups in total. The molecule has 2 aromatic heterocycles. The molecule has 1 aliphatic carbocycles. The first kappa shape index (κ1) is 70.7. The number of primary amides is 1. The minimum atomic E-state index is -2.22. The largest absolute Gasteiger partial charge is 0.504 e. The number of piperazine rings is 1. The number of phenols is 1. The first-order valence-corrected chi connectivity index (χ1v) is 33.1. The third-order valence-electron chi connectivity index (χ3n) is 18.2. The van der Waals surface area contributed by atoms with Crippen LogP contribution in [0, 0.1) is 5.92 Å². The second kappa shape index (κ2) is 31.4. The molecule has 5 aromatic rings. The molecule has 0 spiro atoms. The maximum atomic E-state index is 14.7. The lowest BCUT2D eigenvalue weighted by Crippen LogP contribution is -2.64. The quantitative estimate of drug-likeness (QED) is 0.0217. The Morgan fingerprint density at radius 1 is 0.781 bits per heavy atom. The summed E-state index contributed by atoms with van der Waals surface area (Å²) < 4.78 is 11.0. The topological polar surface area (TPSA) is 455 Å². The van der Waals surface area contributed by atoms with Gasteiger partial charge in [0.25, 0.3) is 18.2 Å². The molecular weight excluding hydrogens is 1290 g/mol. The van der Waals surface area contributed by atoms with Gasteiger partial charge in [-0.1, -0.05) is 65.1 Å². The summed E-state index contributed by atoms with van der Waals surface area (Å²) >= 11 is 1.46. The lowest BCUT2D eigenvalue weighted by molar-refractivity contribution is -0.433. The Balaban J connectivity index is 0.884. The number of aromatic nitrogens is 3. The van der Waals surface area contributed by atoms with Crippen molar-refractivity contribution in [1.29, 1.82) is 0 Å². The lowest BCUT2D eigenvalue weighted by atomic mass is 9.94. The first-order valence-electron chi connectivity index (χ1n) is 31.6. The van der Waals surface area contributed by atoms with Gasteiger partial charge in [0.15, 0.2) is 11.5 Å². The normalized spacial score (nSPS) is 26.6. The van der Waals surface area contributed by atoms with Crippen LogP contribution in [0.5, 0.6) is 11.5 Å². The van der Waals surface area contributed by atoms with Crippen LogP contribution in [0.3, 0.4) is 0 Å². The fourth-order valence-electron chi connectivity index (χ4n) is 13.0. The molecule has 1 saturated carbocycles. The summed E-state index contributed by atoms with van der Waals surface area (Å²) in [5.41, 5.74) is 8.77. The van der Waals surface area contributed by atoms with Crippen LogP contribution in [0.25, 0.3) is 26.8 Å². The number of hydrogen-bond donors (Lipinski definition) is 14. The number of nitrogens with two attached hydrogens (primary N) is 1. The zero-order valence-corrected chi connectivity index (χ0v) is 54.1. The molecule has 5 aliphatic rings. The number of aromatic hydroxyl groups is 1. The zero-order chi connectivity index (χ0) is 68.6. The highest BCUT2D eigenvalue weighted by atomic mass is 32.2. The van der Waals surface area contributed by atoms with Crippen molar-refractivity contribution < 1.29 is 92.9 Å². The van der Waals surface area contributed by atoms with E-state index in [1.54, 1.807) is 22.8 Å². The molecule has 6 heterocycles. The maximum absolute atomic E-state index is 14.7. The number of imidazole rings is 1. The fraction of sp³-hybridized carbons (Fsp3) is 0.516. The van der Waals surface area contributed by atoms with Gasteiger partial charge < -0.3 is 86.9 Å². The Kier molecular flexibility index (Phi) is 23.1. The van der Waals surface area contributed by atoms with Gasteiger partial charge in [-0.3, -0.25) is 43.3 Å². The number of amides is 8. The number of carbonyl (C=O) groups is 8. The number of rotatable bonds is 17. The number of fused-ring (bicyclic) bond motifs is 3. The van der Waals surface area contributed by atoms with E-state index in [0.29, 0.717) is 22.3 Å². The third-order valence-corrected chi connectivity index (χ3v) is 19.5. The number of aliphatic hydroxyl groups excluding tert-OH is 6. The van der Waals surface area contributed by atoms with Crippen LogP contribution in [0.4, 0.5) is 5.69 Å². The van der Waals surface area contributed by atoms with Gasteiger partial charge in [-0.25, -0.2) is 14.8 Å². The number of carbonyl (C=O) groups excluding carboxylic acids is 8. The Morgan fingerprint density at radius 2 is 1.46 bits per heavy atom. The minimum Gasteiger partial charge on any atom is -0.504 e. The Hall–Kier alpha value is -8.13. The lowest BCUT2D eigenvalue weighted by Gasteiger charge is -2.41. The number of anilines is 1. The van der Waals surface area contributed by atoms with Gasteiger partial charge in [-0.2, -0.15) is 5.10 Å². The molecule has 5 fully saturated rings. The predicted molar refractivity (Wildman–Crippen MR) is 342 cm³/mol. The molecule has 32 nitrogen and oxygen atoms in total. The van der Waals surface area contributed by atoms with E-state index in [-0.39, 0.29) is 29.2 Å².